The highest BCUT2D eigenvalue weighted by atomic mass is 14.3. The largest absolute Gasteiger partial charge is 0.0649 e. The number of benzene rings is 19. The van der Waals surface area contributed by atoms with Crippen LogP contribution in [-0.2, 0) is 21.7 Å². The van der Waals surface area contributed by atoms with Crippen molar-refractivity contribution in [2.24, 2.45) is 21.7 Å². The maximum absolute atomic E-state index is 2.33. The molecule has 0 aliphatic rings. The van der Waals surface area contributed by atoms with Gasteiger partial charge in [0.15, 0.2) is 0 Å². The zero-order valence-corrected chi connectivity index (χ0v) is 82.3. The van der Waals surface area contributed by atoms with Gasteiger partial charge < -0.3 is 0 Å². The average Bonchev–Trinajstić information content (AvgIpc) is 1.49. The first-order chi connectivity index (χ1) is 61.0. The Kier molecular flexibility index (Phi) is 28.2. The van der Waals surface area contributed by atoms with Gasteiger partial charge in [-0.25, -0.2) is 0 Å². The summed E-state index contributed by atoms with van der Waals surface area (Å²) in [7, 11) is 0. The third-order valence-electron chi connectivity index (χ3n) is 25.5. The van der Waals surface area contributed by atoms with Crippen molar-refractivity contribution in [2.75, 3.05) is 0 Å². The van der Waals surface area contributed by atoms with E-state index < -0.39 is 0 Å². The standard InChI is InChI=1S/C30H26.2C28H24.C24H22.C8H18.C6H14.C5H12/c1-30(2,3)29-26-15-9-7-13-24(26)28(25-14-8-10-16-27(25)29)23-19-17-22(18-20-23)21-11-5-4-6-12-21;1-28(2,3)27-24-16-8-6-14-22(24)26(23-15-7-9-17-25(23)27)21-18-10-12-19-11-4-5-13-20(19)21;1-28(2,3)27-24-14-8-6-12-22(24)26(23-13-7-9-15-25(23)27)21-17-16-19-10-4-5-11-20(19)18-21;1-24(2,3)23-20-15-9-7-13-18(20)22(17-11-5-4-6-12-17)19-14-8-10-16-21(19)23;1-7(2,3)8(4,5)6;1-5-6(2,3)4;1-5(2,3)4/h4-20H,1-3H3;2*4-18H,1-3H3;4-16H,1-3H3;1-6H3;5H2,1-4H3;1-4H3. The molecule has 0 heteroatoms. The predicted molar refractivity (Wildman–Crippen MR) is 577 cm³/mol. The van der Waals surface area contributed by atoms with Crippen LogP contribution in [0.4, 0.5) is 0 Å². The molecule has 0 unspecified atom stereocenters. The van der Waals surface area contributed by atoms with Gasteiger partial charge in [0.05, 0.1) is 0 Å². The molecule has 0 heterocycles. The van der Waals surface area contributed by atoms with E-state index in [2.05, 4.69) is 544 Å². The molecule has 19 aromatic carbocycles. The molecule has 656 valence electrons. The first-order valence-corrected chi connectivity index (χ1v) is 47.0. The molecule has 19 rings (SSSR count). The number of fused-ring (bicyclic) bond motifs is 10. The molecule has 0 radical (unpaired) electrons. The average molecular weight is 1690 g/mol. The van der Waals surface area contributed by atoms with Crippen LogP contribution in [0.5, 0.6) is 0 Å². The molecule has 0 fully saturated rings. The van der Waals surface area contributed by atoms with Crippen LogP contribution in [0.3, 0.4) is 0 Å². The van der Waals surface area contributed by atoms with Gasteiger partial charge in [0.1, 0.15) is 0 Å². The van der Waals surface area contributed by atoms with Crippen LogP contribution in [0.25, 0.3) is 163 Å². The second-order valence-corrected chi connectivity index (χ2v) is 44.2. The highest BCUT2D eigenvalue weighted by Crippen LogP contribution is 2.50. The predicted octanol–water partition coefficient (Wildman–Crippen LogP) is 39.4. The molecular weight excluding hydrogens is 1550 g/mol. The van der Waals surface area contributed by atoms with Crippen molar-refractivity contribution in [1.82, 2.24) is 0 Å². The van der Waals surface area contributed by atoms with Gasteiger partial charge in [0, 0.05) is 0 Å². The SMILES string of the molecule is CC(C)(C)C.CC(C)(C)C(C)(C)C.CC(C)(C)c1c2ccccc2c(-c2ccc(-c3ccccc3)cc2)c2ccccc12.CC(C)(C)c1c2ccccc2c(-c2ccc3ccccc3c2)c2ccccc12.CC(C)(C)c1c2ccccc2c(-c2cccc3ccccc23)c2ccccc12.CC(C)(C)c1c2ccccc2c(-c2ccccc2)c2ccccc12.CCC(C)(C)C. The minimum atomic E-state index is 0.0644. The molecule has 0 saturated carbocycles. The van der Waals surface area contributed by atoms with Crippen LogP contribution >= 0.6 is 0 Å². The van der Waals surface area contributed by atoms with Gasteiger partial charge in [-0.2, -0.15) is 0 Å². The van der Waals surface area contributed by atoms with Gasteiger partial charge in [0.25, 0.3) is 0 Å². The topological polar surface area (TPSA) is 0 Å². The molecule has 0 aromatic heterocycles. The van der Waals surface area contributed by atoms with Crippen molar-refractivity contribution in [3.63, 3.8) is 0 Å². The Bertz CT molecular complexity index is 6850. The van der Waals surface area contributed by atoms with Crippen LogP contribution in [0.2, 0.25) is 0 Å². The molecule has 0 nitrogen and oxygen atoms in total. The summed E-state index contributed by atoms with van der Waals surface area (Å²) in [6.07, 6.45) is 1.27. The zero-order chi connectivity index (χ0) is 92.8. The quantitative estimate of drug-likeness (QED) is 0.151. The van der Waals surface area contributed by atoms with Crippen molar-refractivity contribution in [3.05, 3.63) is 386 Å². The Morgan fingerprint density at radius 1 is 0.163 bits per heavy atom. The summed E-state index contributed by atoms with van der Waals surface area (Å²) < 4.78 is 0. The summed E-state index contributed by atoms with van der Waals surface area (Å²) >= 11 is 0. The lowest BCUT2D eigenvalue weighted by molar-refractivity contribution is 0.157. The van der Waals surface area contributed by atoms with Gasteiger partial charge in [0.2, 0.25) is 0 Å². The Morgan fingerprint density at radius 3 is 0.651 bits per heavy atom. The molecule has 129 heavy (non-hydrogen) atoms. The van der Waals surface area contributed by atoms with Gasteiger partial charge in [-0.1, -0.05) is 544 Å². The van der Waals surface area contributed by atoms with E-state index in [9.17, 15) is 0 Å². The summed E-state index contributed by atoms with van der Waals surface area (Å²) in [4.78, 5) is 0. The van der Waals surface area contributed by atoms with E-state index in [1.807, 2.05) is 0 Å². The van der Waals surface area contributed by atoms with Crippen LogP contribution in [0, 0.1) is 21.7 Å². The fourth-order valence-corrected chi connectivity index (χ4v) is 17.8. The Hall–Kier alpha value is -12.2. The summed E-state index contributed by atoms with van der Waals surface area (Å²) in [6, 6.07) is 132. The van der Waals surface area contributed by atoms with E-state index in [-0.39, 0.29) is 21.7 Å². The molecule has 0 N–H and O–H groups in total. The van der Waals surface area contributed by atoms with Gasteiger partial charge in [-0.3, -0.25) is 0 Å². The highest BCUT2D eigenvalue weighted by molar-refractivity contribution is 6.21. The highest BCUT2D eigenvalue weighted by Gasteiger charge is 2.30. The lowest BCUT2D eigenvalue weighted by atomic mass is 9.71. The molecule has 0 saturated heterocycles. The fourth-order valence-electron chi connectivity index (χ4n) is 17.8. The third kappa shape index (κ3) is 21.7. The molecular formula is C129H140. The lowest BCUT2D eigenvalue weighted by Crippen LogP contribution is -2.25. The first kappa shape index (κ1) is 94.4. The third-order valence-corrected chi connectivity index (χ3v) is 25.5. The van der Waals surface area contributed by atoms with Crippen molar-refractivity contribution < 1.29 is 0 Å². The number of hydrogen-bond acceptors (Lipinski definition) is 0. The van der Waals surface area contributed by atoms with Gasteiger partial charge in [-0.05, 0) is 235 Å². The molecule has 19 aromatic rings. The minimum absolute atomic E-state index is 0.0644. The van der Waals surface area contributed by atoms with E-state index >= 15 is 0 Å². The first-order valence-electron chi connectivity index (χ1n) is 47.0. The smallest absolute Gasteiger partial charge is 0.00204 e. The zero-order valence-electron chi connectivity index (χ0n) is 82.3. The van der Waals surface area contributed by atoms with E-state index in [1.165, 1.54) is 192 Å². The van der Waals surface area contributed by atoms with Crippen LogP contribution in [0.1, 0.15) is 209 Å². The van der Waals surface area contributed by atoms with E-state index in [4.69, 9.17) is 0 Å². The van der Waals surface area contributed by atoms with Crippen molar-refractivity contribution in [2.45, 2.75) is 208 Å². The Balaban J connectivity index is 0.000000137. The molecule has 0 spiro atoms. The molecule has 0 aliphatic heterocycles. The maximum atomic E-state index is 2.33. The summed E-state index contributed by atoms with van der Waals surface area (Å²) in [5, 5.41) is 26.7. The maximum Gasteiger partial charge on any atom is -0.00204 e. The van der Waals surface area contributed by atoms with Crippen molar-refractivity contribution in [1.29, 1.82) is 0 Å². The molecule has 0 bridgehead atoms. The summed E-state index contributed by atoms with van der Waals surface area (Å²) in [5.74, 6) is 0. The lowest BCUT2D eigenvalue weighted by Gasteiger charge is -2.34. The second-order valence-electron chi connectivity index (χ2n) is 44.2. The second kappa shape index (κ2) is 38.6. The van der Waals surface area contributed by atoms with E-state index in [0.717, 1.165) is 0 Å². The van der Waals surface area contributed by atoms with Crippen LogP contribution < -0.4 is 0 Å². The minimum Gasteiger partial charge on any atom is -0.0649 e. The van der Waals surface area contributed by atoms with Gasteiger partial charge in [-0.15, -0.1) is 0 Å². The van der Waals surface area contributed by atoms with Crippen molar-refractivity contribution in [3.8, 4) is 55.6 Å². The number of rotatable bonds is 5. The Labute approximate surface area is 774 Å². The normalized spacial score (nSPS) is 12.1. The molecule has 0 amide bonds. The number of hydrogen-bond donors (Lipinski definition) is 0. The monoisotopic (exact) mass is 1690 g/mol. The van der Waals surface area contributed by atoms with Crippen LogP contribution in [-0.4, -0.2) is 0 Å². The fraction of sp³-hybridized carbons (Fsp3) is 0.271. The summed E-state index contributed by atoms with van der Waals surface area (Å²) in [5.41, 5.74) is 20.9. The van der Waals surface area contributed by atoms with Crippen LogP contribution in [0.15, 0.2) is 364 Å². The van der Waals surface area contributed by atoms with E-state index in [0.29, 0.717) is 21.7 Å². The Morgan fingerprint density at radius 2 is 0.364 bits per heavy atom. The molecule has 0 atom stereocenters. The van der Waals surface area contributed by atoms with Gasteiger partial charge >= 0.3 is 0 Å². The molecule has 0 aliphatic carbocycles. The summed E-state index contributed by atoms with van der Waals surface area (Å²) in [6.45, 7) is 59.1. The van der Waals surface area contributed by atoms with Crippen molar-refractivity contribution >= 4 is 108 Å². The van der Waals surface area contributed by atoms with E-state index in [1.54, 1.807) is 0 Å².